The van der Waals surface area contributed by atoms with E-state index >= 15 is 0 Å². The maximum absolute atomic E-state index is 4.29. The Bertz CT molecular complexity index is 675. The van der Waals surface area contributed by atoms with Crippen LogP contribution in [-0.4, -0.2) is 34.3 Å². The highest BCUT2D eigenvalue weighted by Gasteiger charge is 2.19. The molecule has 122 valence electrons. The first kappa shape index (κ1) is 15.5. The molecule has 2 aromatic rings. The van der Waals surface area contributed by atoms with E-state index in [2.05, 4.69) is 50.0 Å². The van der Waals surface area contributed by atoms with Crippen LogP contribution in [-0.2, 0) is 20.0 Å². The minimum Gasteiger partial charge on any atom is -0.356 e. The molecule has 2 N–H and O–H groups in total. The van der Waals surface area contributed by atoms with Gasteiger partial charge in [-0.05, 0) is 30.4 Å². The Kier molecular flexibility index (Phi) is 4.90. The second-order valence-electron chi connectivity index (χ2n) is 5.89. The third-order valence-electron chi connectivity index (χ3n) is 4.45. The standard InChI is InChI=1S/C17H24N6/c1-18-17(20-11-16-21-12-22-23(16)2)19-10-14-8-5-7-13-6-3-4-9-15(13)14/h3-4,6,9,12,14H,5,7-8,10-11H2,1-2H3,(H2,18,19,20). The molecule has 0 fully saturated rings. The Morgan fingerprint density at radius 1 is 1.35 bits per heavy atom. The zero-order valence-corrected chi connectivity index (χ0v) is 13.8. The second-order valence-corrected chi connectivity index (χ2v) is 5.89. The number of benzene rings is 1. The molecular weight excluding hydrogens is 288 g/mol. The molecule has 0 radical (unpaired) electrons. The summed E-state index contributed by atoms with van der Waals surface area (Å²) in [7, 11) is 3.68. The molecule has 1 heterocycles. The lowest BCUT2D eigenvalue weighted by Crippen LogP contribution is -2.39. The maximum atomic E-state index is 4.29. The summed E-state index contributed by atoms with van der Waals surface area (Å²) < 4.78 is 1.76. The SMILES string of the molecule is CN=C(NCc1ncnn1C)NCC1CCCc2ccccc21. The monoisotopic (exact) mass is 312 g/mol. The van der Waals surface area contributed by atoms with E-state index in [1.54, 1.807) is 18.1 Å². The molecule has 0 saturated carbocycles. The van der Waals surface area contributed by atoms with Crippen molar-refractivity contribution in [3.8, 4) is 0 Å². The number of aliphatic imine (C=N–C) groups is 1. The zero-order valence-electron chi connectivity index (χ0n) is 13.8. The highest BCUT2D eigenvalue weighted by Crippen LogP contribution is 2.30. The van der Waals surface area contributed by atoms with Crippen LogP contribution in [0.2, 0.25) is 0 Å². The van der Waals surface area contributed by atoms with Gasteiger partial charge in [-0.2, -0.15) is 5.10 Å². The number of aromatic nitrogens is 3. The van der Waals surface area contributed by atoms with E-state index in [0.29, 0.717) is 12.5 Å². The van der Waals surface area contributed by atoms with E-state index in [1.807, 2.05) is 7.05 Å². The molecule has 6 nitrogen and oxygen atoms in total. The van der Waals surface area contributed by atoms with Crippen molar-refractivity contribution in [3.05, 3.63) is 47.5 Å². The minimum absolute atomic E-state index is 0.549. The smallest absolute Gasteiger partial charge is 0.191 e. The van der Waals surface area contributed by atoms with Gasteiger partial charge in [-0.15, -0.1) is 0 Å². The van der Waals surface area contributed by atoms with E-state index in [9.17, 15) is 0 Å². The number of nitrogens with zero attached hydrogens (tertiary/aromatic N) is 4. The van der Waals surface area contributed by atoms with Crippen molar-refractivity contribution >= 4 is 5.96 Å². The molecule has 1 aliphatic carbocycles. The number of hydrogen-bond acceptors (Lipinski definition) is 3. The largest absolute Gasteiger partial charge is 0.356 e. The Balaban J connectivity index is 1.56. The van der Waals surface area contributed by atoms with Gasteiger partial charge in [0.1, 0.15) is 12.2 Å². The van der Waals surface area contributed by atoms with Crippen LogP contribution in [0.4, 0.5) is 0 Å². The summed E-state index contributed by atoms with van der Waals surface area (Å²) >= 11 is 0. The van der Waals surface area contributed by atoms with Gasteiger partial charge < -0.3 is 10.6 Å². The van der Waals surface area contributed by atoms with Gasteiger partial charge in [-0.3, -0.25) is 9.67 Å². The minimum atomic E-state index is 0.549. The first-order valence-electron chi connectivity index (χ1n) is 8.13. The molecule has 3 rings (SSSR count). The summed E-state index contributed by atoms with van der Waals surface area (Å²) in [5, 5.41) is 10.8. The number of rotatable bonds is 4. The van der Waals surface area contributed by atoms with Crippen LogP contribution >= 0.6 is 0 Å². The van der Waals surface area contributed by atoms with Crippen LogP contribution in [0.3, 0.4) is 0 Å². The van der Waals surface area contributed by atoms with Crippen molar-refractivity contribution in [2.24, 2.45) is 12.0 Å². The third-order valence-corrected chi connectivity index (χ3v) is 4.45. The van der Waals surface area contributed by atoms with Crippen molar-refractivity contribution in [2.45, 2.75) is 31.7 Å². The quantitative estimate of drug-likeness (QED) is 0.665. The lowest BCUT2D eigenvalue weighted by atomic mass is 9.83. The van der Waals surface area contributed by atoms with Crippen molar-refractivity contribution in [1.82, 2.24) is 25.4 Å². The van der Waals surface area contributed by atoms with Gasteiger partial charge in [0.15, 0.2) is 5.96 Å². The summed E-state index contributed by atoms with van der Waals surface area (Å²) in [5.74, 6) is 2.24. The molecule has 0 amide bonds. The Morgan fingerprint density at radius 3 is 3.00 bits per heavy atom. The molecule has 0 spiro atoms. The molecule has 6 heteroatoms. The van der Waals surface area contributed by atoms with Gasteiger partial charge >= 0.3 is 0 Å². The average Bonchev–Trinajstić information content (AvgIpc) is 3.00. The third kappa shape index (κ3) is 3.70. The van der Waals surface area contributed by atoms with Crippen molar-refractivity contribution < 1.29 is 0 Å². The molecule has 0 bridgehead atoms. The maximum Gasteiger partial charge on any atom is 0.191 e. The fraction of sp³-hybridized carbons (Fsp3) is 0.471. The first-order valence-corrected chi connectivity index (χ1v) is 8.13. The lowest BCUT2D eigenvalue weighted by Gasteiger charge is -2.26. The predicted octanol–water partition coefficient (Wildman–Crippen LogP) is 1.60. The van der Waals surface area contributed by atoms with Gasteiger partial charge in [0, 0.05) is 26.6 Å². The summed E-state index contributed by atoms with van der Waals surface area (Å²) in [5.41, 5.74) is 2.97. The fourth-order valence-electron chi connectivity index (χ4n) is 3.15. The van der Waals surface area contributed by atoms with Gasteiger partial charge in [-0.1, -0.05) is 24.3 Å². The van der Waals surface area contributed by atoms with E-state index < -0.39 is 0 Å². The van der Waals surface area contributed by atoms with E-state index in [0.717, 1.165) is 18.3 Å². The van der Waals surface area contributed by atoms with Crippen LogP contribution < -0.4 is 10.6 Å². The van der Waals surface area contributed by atoms with E-state index in [1.165, 1.54) is 30.4 Å². The molecule has 0 aliphatic heterocycles. The van der Waals surface area contributed by atoms with Crippen LogP contribution in [0.5, 0.6) is 0 Å². The summed E-state index contributed by atoms with van der Waals surface area (Å²) in [6.45, 7) is 1.51. The number of aryl methyl sites for hydroxylation is 2. The number of fused-ring (bicyclic) bond motifs is 1. The van der Waals surface area contributed by atoms with Gasteiger partial charge in [0.25, 0.3) is 0 Å². The number of guanidine groups is 1. The highest BCUT2D eigenvalue weighted by molar-refractivity contribution is 5.79. The number of hydrogen-bond donors (Lipinski definition) is 2. The summed E-state index contributed by atoms with van der Waals surface area (Å²) in [6, 6.07) is 8.79. The molecular formula is C17H24N6. The zero-order chi connectivity index (χ0) is 16.1. The topological polar surface area (TPSA) is 67.1 Å². The van der Waals surface area contributed by atoms with Crippen LogP contribution in [0.25, 0.3) is 0 Å². The van der Waals surface area contributed by atoms with Gasteiger partial charge in [0.05, 0.1) is 6.54 Å². The lowest BCUT2D eigenvalue weighted by molar-refractivity contribution is 0.539. The molecule has 0 saturated heterocycles. The molecule has 1 aliphatic rings. The van der Waals surface area contributed by atoms with Gasteiger partial charge in [0.2, 0.25) is 0 Å². The van der Waals surface area contributed by atoms with Gasteiger partial charge in [-0.25, -0.2) is 4.98 Å². The Hall–Kier alpha value is -2.37. The molecule has 23 heavy (non-hydrogen) atoms. The van der Waals surface area contributed by atoms with Crippen LogP contribution in [0.1, 0.15) is 35.7 Å². The van der Waals surface area contributed by atoms with Crippen molar-refractivity contribution in [3.63, 3.8) is 0 Å². The predicted molar refractivity (Wildman–Crippen MR) is 91.3 cm³/mol. The number of nitrogens with one attached hydrogen (secondary N) is 2. The van der Waals surface area contributed by atoms with Crippen LogP contribution in [0, 0.1) is 0 Å². The second kappa shape index (κ2) is 7.26. The van der Waals surface area contributed by atoms with Crippen molar-refractivity contribution in [1.29, 1.82) is 0 Å². The normalized spacial score (nSPS) is 17.7. The molecule has 1 aromatic carbocycles. The fourth-order valence-corrected chi connectivity index (χ4v) is 3.15. The average molecular weight is 312 g/mol. The summed E-state index contributed by atoms with van der Waals surface area (Å²) in [6.07, 6.45) is 5.25. The molecule has 1 unspecified atom stereocenters. The van der Waals surface area contributed by atoms with Crippen molar-refractivity contribution in [2.75, 3.05) is 13.6 Å². The Labute approximate surface area is 137 Å². The van der Waals surface area contributed by atoms with E-state index in [4.69, 9.17) is 0 Å². The molecule has 1 atom stereocenters. The molecule has 1 aromatic heterocycles. The Morgan fingerprint density at radius 2 is 2.22 bits per heavy atom. The van der Waals surface area contributed by atoms with E-state index in [-0.39, 0.29) is 0 Å². The first-order chi connectivity index (χ1) is 11.3. The van der Waals surface area contributed by atoms with Crippen LogP contribution in [0.15, 0.2) is 35.6 Å². The highest BCUT2D eigenvalue weighted by atomic mass is 15.3. The summed E-state index contributed by atoms with van der Waals surface area (Å²) in [4.78, 5) is 8.50.